The van der Waals surface area contributed by atoms with Crippen molar-refractivity contribution >= 4 is 41.0 Å². The molecule has 0 spiro atoms. The van der Waals surface area contributed by atoms with Crippen LogP contribution < -0.4 is 5.32 Å². The molecular weight excluding hydrogens is 414 g/mol. The van der Waals surface area contributed by atoms with Crippen LogP contribution in [-0.2, 0) is 0 Å². The summed E-state index contributed by atoms with van der Waals surface area (Å²) in [5.41, 5.74) is 2.12. The largest absolute Gasteiger partial charge is 0.339 e. The molecule has 29 heavy (non-hydrogen) atoms. The van der Waals surface area contributed by atoms with Crippen LogP contribution in [0.1, 0.15) is 40.0 Å². The topological polar surface area (TPSA) is 77.6 Å². The summed E-state index contributed by atoms with van der Waals surface area (Å²) in [4.78, 5) is 20.7. The zero-order valence-corrected chi connectivity index (χ0v) is 17.2. The lowest BCUT2D eigenvalue weighted by molar-refractivity contribution is 0.0942. The summed E-state index contributed by atoms with van der Waals surface area (Å²) in [5.74, 6) is -1.09. The highest BCUT2D eigenvalue weighted by molar-refractivity contribution is 6.64. The van der Waals surface area contributed by atoms with Crippen LogP contribution in [-0.4, -0.2) is 17.8 Å². The Labute approximate surface area is 178 Å². The molecule has 0 heterocycles. The molecule has 8 heteroatoms. The second-order valence-corrected chi connectivity index (χ2v) is 7.01. The highest BCUT2D eigenvalue weighted by Gasteiger charge is 2.21. The molecule has 148 valence electrons. The van der Waals surface area contributed by atoms with E-state index in [1.54, 1.807) is 32.0 Å². The molecule has 2 aromatic rings. The van der Waals surface area contributed by atoms with Gasteiger partial charge in [0.2, 0.25) is 0 Å². The summed E-state index contributed by atoms with van der Waals surface area (Å²) in [6, 6.07) is 10.0. The van der Waals surface area contributed by atoms with E-state index in [9.17, 15) is 9.18 Å². The first-order valence-corrected chi connectivity index (χ1v) is 9.15. The molecule has 1 amide bonds. The SMILES string of the molecule is C=N/C(=C\N=C(/C)Cl)[C@@H](NC(=O)c1ccc(C#N)c(C)c1)c1ccc(Cl)c(F)c1. The van der Waals surface area contributed by atoms with Gasteiger partial charge in [-0.1, -0.05) is 29.3 Å². The number of hydrogen-bond donors (Lipinski definition) is 1. The second-order valence-electron chi connectivity index (χ2n) is 6.06. The van der Waals surface area contributed by atoms with Gasteiger partial charge in [0.15, 0.2) is 0 Å². The molecule has 1 atom stereocenters. The fourth-order valence-electron chi connectivity index (χ4n) is 2.53. The van der Waals surface area contributed by atoms with Crippen LogP contribution in [0.15, 0.2) is 58.3 Å². The molecule has 0 fully saturated rings. The Morgan fingerprint density at radius 1 is 1.34 bits per heavy atom. The Bertz CT molecular complexity index is 1050. The van der Waals surface area contributed by atoms with E-state index in [2.05, 4.69) is 22.0 Å². The predicted molar refractivity (Wildman–Crippen MR) is 114 cm³/mol. The number of aryl methyl sites for hydroxylation is 1. The number of amides is 1. The molecular formula is C21H17Cl2FN4O. The number of aliphatic imine (C=N–C) groups is 2. The van der Waals surface area contributed by atoms with Gasteiger partial charge in [-0.25, -0.2) is 9.38 Å². The molecule has 2 rings (SSSR count). The van der Waals surface area contributed by atoms with Crippen molar-refractivity contribution in [2.24, 2.45) is 9.98 Å². The fourth-order valence-corrected chi connectivity index (χ4v) is 2.69. The number of nitriles is 1. The Balaban J connectivity index is 2.48. The summed E-state index contributed by atoms with van der Waals surface area (Å²) in [7, 11) is 0. The minimum atomic E-state index is -0.859. The van der Waals surface area contributed by atoms with Crippen molar-refractivity contribution in [1.82, 2.24) is 5.32 Å². The first kappa shape index (κ1) is 22.3. The summed E-state index contributed by atoms with van der Waals surface area (Å²) in [5, 5.41) is 12.0. The quantitative estimate of drug-likeness (QED) is 0.628. The van der Waals surface area contributed by atoms with E-state index < -0.39 is 17.8 Å². The third-order valence-electron chi connectivity index (χ3n) is 4.01. The molecule has 2 aromatic carbocycles. The summed E-state index contributed by atoms with van der Waals surface area (Å²) in [6.07, 6.45) is 1.34. The predicted octanol–water partition coefficient (Wildman–Crippen LogP) is 5.33. The van der Waals surface area contributed by atoms with Gasteiger partial charge in [-0.05, 0) is 62.0 Å². The number of halogens is 3. The number of benzene rings is 2. The Hall–Kier alpha value is -3.01. The first-order chi connectivity index (χ1) is 13.8. The number of hydrogen-bond acceptors (Lipinski definition) is 4. The number of nitrogens with zero attached hydrogens (tertiary/aromatic N) is 3. The molecule has 0 aliphatic carbocycles. The Kier molecular flexibility index (Phi) is 7.66. The van der Waals surface area contributed by atoms with Crippen LogP contribution in [0.5, 0.6) is 0 Å². The fraction of sp³-hybridized carbons (Fsp3) is 0.143. The average molecular weight is 431 g/mol. The van der Waals surface area contributed by atoms with E-state index in [1.165, 1.54) is 24.4 Å². The van der Waals surface area contributed by atoms with E-state index in [0.29, 0.717) is 22.3 Å². The van der Waals surface area contributed by atoms with Crippen LogP contribution in [0.3, 0.4) is 0 Å². The van der Waals surface area contributed by atoms with Gasteiger partial charge in [0.25, 0.3) is 5.91 Å². The van der Waals surface area contributed by atoms with Gasteiger partial charge in [-0.15, -0.1) is 0 Å². The number of rotatable bonds is 6. The molecule has 0 saturated heterocycles. The third-order valence-corrected chi connectivity index (χ3v) is 4.42. The average Bonchev–Trinajstić information content (AvgIpc) is 2.69. The summed E-state index contributed by atoms with van der Waals surface area (Å²) < 4.78 is 14.0. The van der Waals surface area contributed by atoms with Gasteiger partial charge in [0, 0.05) is 5.56 Å². The molecule has 1 N–H and O–H groups in total. The molecule has 0 aromatic heterocycles. The third kappa shape index (κ3) is 5.74. The maximum absolute atomic E-state index is 14.0. The Morgan fingerprint density at radius 2 is 2.07 bits per heavy atom. The summed E-state index contributed by atoms with van der Waals surface area (Å²) >= 11 is 11.5. The van der Waals surface area contributed by atoms with Crippen molar-refractivity contribution in [3.63, 3.8) is 0 Å². The van der Waals surface area contributed by atoms with E-state index in [-0.39, 0.29) is 15.9 Å². The zero-order chi connectivity index (χ0) is 21.6. The zero-order valence-electron chi connectivity index (χ0n) is 15.7. The standard InChI is InChI=1S/C21H17Cl2FN4O/c1-12-8-15(4-5-16(12)10-25)21(29)28-20(19(26-3)11-27-13(2)22)14-6-7-17(23)18(24)9-14/h4-9,11,20H,3H2,1-2H3,(H,28,29)/b19-11-,27-13+/t20-/m0/s1. The molecule has 0 saturated carbocycles. The van der Waals surface area contributed by atoms with E-state index >= 15 is 0 Å². The van der Waals surface area contributed by atoms with Crippen LogP contribution in [0, 0.1) is 24.1 Å². The molecule has 0 aliphatic rings. The van der Waals surface area contributed by atoms with Gasteiger partial charge in [-0.3, -0.25) is 9.79 Å². The monoisotopic (exact) mass is 430 g/mol. The van der Waals surface area contributed by atoms with Crippen molar-refractivity contribution < 1.29 is 9.18 Å². The van der Waals surface area contributed by atoms with Crippen molar-refractivity contribution in [2.45, 2.75) is 19.9 Å². The van der Waals surface area contributed by atoms with Crippen LogP contribution in [0.2, 0.25) is 5.02 Å². The van der Waals surface area contributed by atoms with Crippen LogP contribution in [0.4, 0.5) is 4.39 Å². The van der Waals surface area contributed by atoms with E-state index in [0.717, 1.165) is 0 Å². The minimum Gasteiger partial charge on any atom is -0.339 e. The lowest BCUT2D eigenvalue weighted by Gasteiger charge is -2.20. The molecule has 0 aliphatic heterocycles. The lowest BCUT2D eigenvalue weighted by atomic mass is 10.0. The lowest BCUT2D eigenvalue weighted by Crippen LogP contribution is -2.29. The summed E-state index contributed by atoms with van der Waals surface area (Å²) in [6.45, 7) is 6.81. The number of nitrogens with one attached hydrogen (secondary N) is 1. The maximum Gasteiger partial charge on any atom is 0.252 e. The van der Waals surface area contributed by atoms with Crippen molar-refractivity contribution in [3.05, 3.63) is 81.4 Å². The molecule has 5 nitrogen and oxygen atoms in total. The van der Waals surface area contributed by atoms with Crippen molar-refractivity contribution in [2.75, 3.05) is 0 Å². The normalized spacial score (nSPS) is 12.8. The Morgan fingerprint density at radius 3 is 2.62 bits per heavy atom. The van der Waals surface area contributed by atoms with Gasteiger partial charge >= 0.3 is 0 Å². The second kappa shape index (κ2) is 9.97. The number of carbonyl (C=O) groups is 1. The number of carbonyl (C=O) groups excluding carboxylic acids is 1. The highest BCUT2D eigenvalue weighted by Crippen LogP contribution is 2.27. The first-order valence-electron chi connectivity index (χ1n) is 8.40. The molecule has 0 bridgehead atoms. The van der Waals surface area contributed by atoms with E-state index in [1.807, 2.05) is 6.07 Å². The van der Waals surface area contributed by atoms with Gasteiger partial charge in [0.1, 0.15) is 11.0 Å². The van der Waals surface area contributed by atoms with Crippen molar-refractivity contribution in [1.29, 1.82) is 5.26 Å². The molecule has 0 radical (unpaired) electrons. The van der Waals surface area contributed by atoms with Gasteiger partial charge in [0.05, 0.1) is 34.6 Å². The maximum atomic E-state index is 14.0. The minimum absolute atomic E-state index is 0.0479. The smallest absolute Gasteiger partial charge is 0.252 e. The highest BCUT2D eigenvalue weighted by atomic mass is 35.5. The van der Waals surface area contributed by atoms with Gasteiger partial charge in [-0.2, -0.15) is 5.26 Å². The van der Waals surface area contributed by atoms with Crippen LogP contribution in [0.25, 0.3) is 0 Å². The van der Waals surface area contributed by atoms with E-state index in [4.69, 9.17) is 28.5 Å². The van der Waals surface area contributed by atoms with Crippen LogP contribution >= 0.6 is 23.2 Å². The van der Waals surface area contributed by atoms with Gasteiger partial charge < -0.3 is 5.32 Å². The van der Waals surface area contributed by atoms with Crippen molar-refractivity contribution in [3.8, 4) is 6.07 Å². The molecule has 0 unspecified atom stereocenters.